The van der Waals surface area contributed by atoms with Gasteiger partial charge in [-0.25, -0.2) is 0 Å². The van der Waals surface area contributed by atoms with Crippen molar-refractivity contribution in [2.24, 2.45) is 11.1 Å². The molecule has 1 aliphatic carbocycles. The number of amides is 2. The Balaban J connectivity index is 1.28. The highest BCUT2D eigenvalue weighted by atomic mass is 35.5. The molecule has 6 nitrogen and oxygen atoms in total. The van der Waals surface area contributed by atoms with E-state index in [1.165, 1.54) is 11.3 Å². The van der Waals surface area contributed by atoms with Gasteiger partial charge < -0.3 is 15.5 Å². The third-order valence-corrected chi connectivity index (χ3v) is 6.49. The van der Waals surface area contributed by atoms with Crippen LogP contribution >= 0.6 is 22.9 Å². The van der Waals surface area contributed by atoms with Crippen molar-refractivity contribution in [3.05, 3.63) is 51.2 Å². The van der Waals surface area contributed by atoms with Crippen molar-refractivity contribution < 1.29 is 14.4 Å². The van der Waals surface area contributed by atoms with Gasteiger partial charge >= 0.3 is 0 Å². The molecule has 1 aliphatic heterocycles. The molecule has 0 saturated heterocycles. The number of nitrogens with one attached hydrogen (secondary N) is 2. The second kappa shape index (κ2) is 8.97. The van der Waals surface area contributed by atoms with Gasteiger partial charge in [0.2, 0.25) is 12.0 Å². The minimum absolute atomic E-state index is 0.0846. The summed E-state index contributed by atoms with van der Waals surface area (Å²) in [6.45, 7) is 0.353. The van der Waals surface area contributed by atoms with Crippen LogP contribution < -0.4 is 10.6 Å². The quantitative estimate of drug-likeness (QED) is 0.713. The molecular weight excluding hydrogens is 410 g/mol. The van der Waals surface area contributed by atoms with E-state index < -0.39 is 6.10 Å². The molecule has 0 spiro atoms. The number of hydrogen-bond donors (Lipinski definition) is 2. The van der Waals surface area contributed by atoms with E-state index in [9.17, 15) is 9.59 Å². The fourth-order valence-electron chi connectivity index (χ4n) is 3.63. The van der Waals surface area contributed by atoms with Crippen LogP contribution in [0.5, 0.6) is 0 Å². The molecule has 2 aliphatic rings. The predicted octanol–water partition coefficient (Wildman–Crippen LogP) is 4.34. The number of benzene rings is 1. The zero-order chi connectivity index (χ0) is 20.2. The summed E-state index contributed by atoms with van der Waals surface area (Å²) in [5, 5.41) is 9.89. The van der Waals surface area contributed by atoms with E-state index in [4.69, 9.17) is 16.4 Å². The molecule has 2 heterocycles. The fraction of sp³-hybridized carbons (Fsp3) is 0.381. The molecule has 2 aromatic rings. The van der Waals surface area contributed by atoms with Gasteiger partial charge in [-0.15, -0.1) is 11.3 Å². The lowest BCUT2D eigenvalue weighted by molar-refractivity contribution is -0.131. The summed E-state index contributed by atoms with van der Waals surface area (Å²) >= 11 is 7.37. The average Bonchev–Trinajstić information content (AvgIpc) is 3.47. The SMILES string of the molecule is O=C(Nc1cccc(CNC(=O)C2CC(c3ccc(Cl)s3)=NO2)c1)C1CCCC1. The number of hydrogen-bond acceptors (Lipinski definition) is 5. The Morgan fingerprint density at radius 2 is 2.00 bits per heavy atom. The first-order valence-electron chi connectivity index (χ1n) is 9.74. The van der Waals surface area contributed by atoms with E-state index >= 15 is 0 Å². The lowest BCUT2D eigenvalue weighted by Gasteiger charge is -2.12. The standard InChI is InChI=1S/C21H22ClN3O3S/c22-19-9-8-18(29-19)16-11-17(28-25-16)21(27)23-12-13-4-3-7-15(10-13)24-20(26)14-5-1-2-6-14/h3-4,7-10,14,17H,1-2,5-6,11-12H2,(H,23,27)(H,24,26). The lowest BCUT2D eigenvalue weighted by Crippen LogP contribution is -2.34. The molecule has 1 unspecified atom stereocenters. The monoisotopic (exact) mass is 431 g/mol. The van der Waals surface area contributed by atoms with Crippen molar-refractivity contribution in [1.29, 1.82) is 0 Å². The smallest absolute Gasteiger partial charge is 0.264 e. The summed E-state index contributed by atoms with van der Waals surface area (Å²) in [5.74, 6) is -0.0153. The molecule has 8 heteroatoms. The molecule has 152 valence electrons. The maximum atomic E-state index is 12.4. The van der Waals surface area contributed by atoms with Crippen molar-refractivity contribution in [3.63, 3.8) is 0 Å². The van der Waals surface area contributed by atoms with Crippen molar-refractivity contribution in [2.75, 3.05) is 5.32 Å². The number of rotatable bonds is 6. The molecular formula is C21H22ClN3O3S. The maximum absolute atomic E-state index is 12.4. The molecule has 0 radical (unpaired) electrons. The van der Waals surface area contributed by atoms with Crippen LogP contribution in [0.3, 0.4) is 0 Å². The summed E-state index contributed by atoms with van der Waals surface area (Å²) < 4.78 is 0.676. The number of halogens is 1. The summed E-state index contributed by atoms with van der Waals surface area (Å²) in [7, 11) is 0. The van der Waals surface area contributed by atoms with E-state index in [1.807, 2.05) is 30.3 Å². The number of carbonyl (C=O) groups excluding carboxylic acids is 2. The van der Waals surface area contributed by atoms with Crippen LogP contribution in [-0.4, -0.2) is 23.6 Å². The van der Waals surface area contributed by atoms with Crippen LogP contribution in [0.2, 0.25) is 4.34 Å². The highest BCUT2D eigenvalue weighted by molar-refractivity contribution is 7.18. The van der Waals surface area contributed by atoms with Crippen LogP contribution in [-0.2, 0) is 21.0 Å². The van der Waals surface area contributed by atoms with Crippen LogP contribution in [0.15, 0.2) is 41.6 Å². The van der Waals surface area contributed by atoms with E-state index in [0.717, 1.165) is 47.5 Å². The van der Waals surface area contributed by atoms with Crippen molar-refractivity contribution in [3.8, 4) is 0 Å². The van der Waals surface area contributed by atoms with Crippen LogP contribution in [0.1, 0.15) is 42.5 Å². The Labute approximate surface area is 178 Å². The Hall–Kier alpha value is -2.38. The number of carbonyl (C=O) groups is 2. The van der Waals surface area contributed by atoms with Gasteiger partial charge in [0.05, 0.1) is 9.21 Å². The minimum Gasteiger partial charge on any atom is -0.382 e. The summed E-state index contributed by atoms with van der Waals surface area (Å²) in [6.07, 6.45) is 3.95. The molecule has 1 saturated carbocycles. The Morgan fingerprint density at radius 3 is 2.76 bits per heavy atom. The number of thiophene rings is 1. The average molecular weight is 432 g/mol. The molecule has 1 atom stereocenters. The second-order valence-corrected chi connectivity index (χ2v) is 9.04. The third-order valence-electron chi connectivity index (χ3n) is 5.21. The number of oxime groups is 1. The molecule has 2 amide bonds. The van der Waals surface area contributed by atoms with Crippen molar-refractivity contribution in [1.82, 2.24) is 5.32 Å². The maximum Gasteiger partial charge on any atom is 0.264 e. The van der Waals surface area contributed by atoms with E-state index in [-0.39, 0.29) is 17.7 Å². The molecule has 1 aromatic heterocycles. The summed E-state index contributed by atoms with van der Waals surface area (Å²) in [4.78, 5) is 30.9. The zero-order valence-corrected chi connectivity index (χ0v) is 17.4. The van der Waals surface area contributed by atoms with Gasteiger partial charge in [-0.1, -0.05) is 41.7 Å². The van der Waals surface area contributed by atoms with Gasteiger partial charge in [0.15, 0.2) is 0 Å². The Kier molecular flexibility index (Phi) is 6.16. The number of anilines is 1. The normalized spacial score (nSPS) is 18.9. The van der Waals surface area contributed by atoms with E-state index in [1.54, 1.807) is 6.07 Å². The minimum atomic E-state index is -0.642. The lowest BCUT2D eigenvalue weighted by atomic mass is 10.1. The highest BCUT2D eigenvalue weighted by Gasteiger charge is 2.29. The molecule has 1 fully saturated rings. The van der Waals surface area contributed by atoms with E-state index in [0.29, 0.717) is 17.3 Å². The van der Waals surface area contributed by atoms with Gasteiger partial charge in [0, 0.05) is 24.6 Å². The second-order valence-electron chi connectivity index (χ2n) is 7.33. The van der Waals surface area contributed by atoms with Crippen molar-refractivity contribution >= 4 is 46.2 Å². The van der Waals surface area contributed by atoms with Crippen LogP contribution in [0.4, 0.5) is 5.69 Å². The molecule has 0 bridgehead atoms. The first-order chi connectivity index (χ1) is 14.1. The van der Waals surface area contributed by atoms with E-state index in [2.05, 4.69) is 15.8 Å². The summed E-state index contributed by atoms with van der Waals surface area (Å²) in [6, 6.07) is 11.2. The zero-order valence-electron chi connectivity index (χ0n) is 15.8. The Bertz CT molecular complexity index is 937. The van der Waals surface area contributed by atoms with Crippen LogP contribution in [0, 0.1) is 5.92 Å². The van der Waals surface area contributed by atoms with Gasteiger partial charge in [-0.3, -0.25) is 9.59 Å². The van der Waals surface area contributed by atoms with Gasteiger partial charge in [-0.2, -0.15) is 0 Å². The van der Waals surface area contributed by atoms with Crippen molar-refractivity contribution in [2.45, 2.75) is 44.8 Å². The topological polar surface area (TPSA) is 79.8 Å². The fourth-order valence-corrected chi connectivity index (χ4v) is 4.66. The summed E-state index contributed by atoms with van der Waals surface area (Å²) in [5.41, 5.74) is 2.40. The first kappa shape index (κ1) is 19.9. The highest BCUT2D eigenvalue weighted by Crippen LogP contribution is 2.27. The largest absolute Gasteiger partial charge is 0.382 e. The van der Waals surface area contributed by atoms with Gasteiger partial charge in [0.25, 0.3) is 5.91 Å². The van der Waals surface area contributed by atoms with Crippen LogP contribution in [0.25, 0.3) is 0 Å². The molecule has 29 heavy (non-hydrogen) atoms. The molecule has 1 aromatic carbocycles. The Morgan fingerprint density at radius 1 is 1.17 bits per heavy atom. The first-order valence-corrected chi connectivity index (χ1v) is 10.9. The number of nitrogens with zero attached hydrogens (tertiary/aromatic N) is 1. The molecule has 2 N–H and O–H groups in total. The third kappa shape index (κ3) is 4.97. The predicted molar refractivity (Wildman–Crippen MR) is 114 cm³/mol. The molecule has 4 rings (SSSR count). The van der Waals surface area contributed by atoms with Gasteiger partial charge in [-0.05, 0) is 42.7 Å². The van der Waals surface area contributed by atoms with Gasteiger partial charge in [0.1, 0.15) is 5.71 Å².